The number of allylic oxidation sites excluding steroid dienone is 1. The van der Waals surface area contributed by atoms with E-state index in [0.717, 1.165) is 37.2 Å². The van der Waals surface area contributed by atoms with Crippen LogP contribution in [0, 0.1) is 0 Å². The molecule has 0 atom stereocenters. The summed E-state index contributed by atoms with van der Waals surface area (Å²) in [5, 5.41) is 13.2. The molecule has 0 saturated heterocycles. The molecule has 0 radical (unpaired) electrons. The van der Waals surface area contributed by atoms with Crippen molar-refractivity contribution in [2.24, 2.45) is 4.99 Å². The Kier molecular flexibility index (Phi) is 4.97. The smallest absolute Gasteiger partial charge is 0.311 e. The molecule has 2 heterocycles. The predicted octanol–water partition coefficient (Wildman–Crippen LogP) is 4.27. The van der Waals surface area contributed by atoms with Crippen LogP contribution < -0.4 is 10.2 Å². The number of aliphatic imine (C=N–C) groups is 1. The van der Waals surface area contributed by atoms with E-state index in [2.05, 4.69) is 26.2 Å². The predicted molar refractivity (Wildman–Crippen MR) is 115 cm³/mol. The van der Waals surface area contributed by atoms with E-state index < -0.39 is 10.8 Å². The second-order valence-electron chi connectivity index (χ2n) is 6.07. The van der Waals surface area contributed by atoms with Crippen molar-refractivity contribution in [3.8, 4) is 5.88 Å². The van der Waals surface area contributed by atoms with Gasteiger partial charge < -0.3 is 10.4 Å². The Bertz CT molecular complexity index is 1180. The van der Waals surface area contributed by atoms with Crippen molar-refractivity contribution in [1.82, 2.24) is 4.57 Å². The van der Waals surface area contributed by atoms with Crippen molar-refractivity contribution in [2.45, 2.75) is 6.54 Å². The lowest BCUT2D eigenvalue weighted by Crippen LogP contribution is -2.24. The maximum Gasteiger partial charge on any atom is 0.311 e. The van der Waals surface area contributed by atoms with Gasteiger partial charge in [-0.1, -0.05) is 45.5 Å². The van der Waals surface area contributed by atoms with Crippen LogP contribution in [0.3, 0.4) is 0 Å². The second-order valence-corrected chi connectivity index (χ2v) is 7.98. The average molecular weight is 456 g/mol. The average Bonchev–Trinajstić information content (AvgIpc) is 3.20. The number of aromatic nitrogens is 1. The van der Waals surface area contributed by atoms with E-state index in [1.54, 1.807) is 36.6 Å². The van der Waals surface area contributed by atoms with Crippen molar-refractivity contribution in [2.75, 3.05) is 5.32 Å². The van der Waals surface area contributed by atoms with Crippen molar-refractivity contribution >= 4 is 62.4 Å². The number of para-hydroxylation sites is 1. The van der Waals surface area contributed by atoms with Crippen molar-refractivity contribution in [1.29, 1.82) is 0 Å². The Morgan fingerprint density at radius 2 is 1.96 bits per heavy atom. The summed E-state index contributed by atoms with van der Waals surface area (Å²) in [5.74, 6) is -0.629. The lowest BCUT2D eigenvalue weighted by Gasteiger charge is -2.06. The topological polar surface area (TPSA) is 83.7 Å². The molecule has 1 aliphatic rings. The van der Waals surface area contributed by atoms with Crippen LogP contribution in [0.2, 0.25) is 0 Å². The minimum absolute atomic E-state index is 0.230. The van der Waals surface area contributed by atoms with Gasteiger partial charge in [-0.15, -0.1) is 0 Å². The molecule has 140 valence electrons. The summed E-state index contributed by atoms with van der Waals surface area (Å²) in [6, 6.07) is 14.7. The lowest BCUT2D eigenvalue weighted by atomic mass is 10.1. The summed E-state index contributed by atoms with van der Waals surface area (Å²) in [6.07, 6.45) is 3.40. The Hall–Kier alpha value is -2.97. The molecule has 4 rings (SSSR count). The molecule has 6 nitrogen and oxygen atoms in total. The van der Waals surface area contributed by atoms with Crippen LogP contribution >= 0.6 is 27.3 Å². The summed E-state index contributed by atoms with van der Waals surface area (Å²) in [6.45, 7) is -0.273. The standard InChI is InChI=1S/C20H14BrN3O3S/c21-13-5-7-14(8-6-13)23-18(25)11-24-19(26)17(28-20(24)27)9-12-10-22-16-4-2-1-3-15(12)16/h1-10,26H,11H2,(H,23,25). The highest BCUT2D eigenvalue weighted by molar-refractivity contribution is 9.10. The number of nitrogens with zero attached hydrogens (tertiary/aromatic N) is 2. The highest BCUT2D eigenvalue weighted by Crippen LogP contribution is 2.34. The van der Waals surface area contributed by atoms with Gasteiger partial charge in [-0.05, 0) is 36.4 Å². The third kappa shape index (κ3) is 3.69. The number of hydrogen-bond acceptors (Lipinski definition) is 5. The minimum atomic E-state index is -0.404. The van der Waals surface area contributed by atoms with E-state index in [4.69, 9.17) is 0 Å². The molecule has 0 spiro atoms. The summed E-state index contributed by atoms with van der Waals surface area (Å²) < 4.78 is 1.95. The first-order chi connectivity index (χ1) is 13.5. The Morgan fingerprint density at radius 1 is 1.21 bits per heavy atom. The molecule has 28 heavy (non-hydrogen) atoms. The van der Waals surface area contributed by atoms with Crippen molar-refractivity contribution < 1.29 is 9.90 Å². The molecular formula is C20H14BrN3O3S. The van der Waals surface area contributed by atoms with E-state index in [1.165, 1.54) is 0 Å². The monoisotopic (exact) mass is 455 g/mol. The zero-order valence-electron chi connectivity index (χ0n) is 14.4. The van der Waals surface area contributed by atoms with Gasteiger partial charge in [0.1, 0.15) is 6.54 Å². The first kappa shape index (κ1) is 18.4. The molecule has 1 aliphatic heterocycles. The van der Waals surface area contributed by atoms with E-state index in [9.17, 15) is 14.7 Å². The first-order valence-electron chi connectivity index (χ1n) is 8.34. The van der Waals surface area contributed by atoms with E-state index in [1.807, 2.05) is 24.3 Å². The van der Waals surface area contributed by atoms with Gasteiger partial charge in [0, 0.05) is 27.5 Å². The zero-order valence-corrected chi connectivity index (χ0v) is 16.8. The fourth-order valence-electron chi connectivity index (χ4n) is 2.82. The van der Waals surface area contributed by atoms with Crippen LogP contribution in [-0.2, 0) is 11.3 Å². The van der Waals surface area contributed by atoms with Crippen molar-refractivity contribution in [3.05, 3.63) is 73.1 Å². The zero-order chi connectivity index (χ0) is 19.7. The molecule has 0 saturated carbocycles. The third-order valence-corrected chi connectivity index (χ3v) is 5.61. The number of nitrogens with one attached hydrogen (secondary N) is 1. The number of carbonyl (C=O) groups excluding carboxylic acids is 1. The first-order valence-corrected chi connectivity index (χ1v) is 9.95. The van der Waals surface area contributed by atoms with Crippen LogP contribution in [0.25, 0.3) is 11.6 Å². The largest absolute Gasteiger partial charge is 0.493 e. The molecule has 1 amide bonds. The van der Waals surface area contributed by atoms with E-state index in [-0.39, 0.29) is 12.4 Å². The van der Waals surface area contributed by atoms with Gasteiger partial charge in [0.15, 0.2) is 0 Å². The quantitative estimate of drug-likeness (QED) is 0.615. The van der Waals surface area contributed by atoms with Gasteiger partial charge in [-0.25, -0.2) is 0 Å². The van der Waals surface area contributed by atoms with Crippen molar-refractivity contribution in [3.63, 3.8) is 0 Å². The summed E-state index contributed by atoms with van der Waals surface area (Å²) in [7, 11) is 0. The fourth-order valence-corrected chi connectivity index (χ4v) is 3.92. The van der Waals surface area contributed by atoms with Gasteiger partial charge in [-0.3, -0.25) is 19.1 Å². The molecule has 0 unspecified atom stereocenters. The normalized spacial score (nSPS) is 13.7. The number of carbonyl (C=O) groups is 1. The number of thiazole rings is 1. The summed E-state index contributed by atoms with van der Waals surface area (Å²) >= 11 is 4.21. The van der Waals surface area contributed by atoms with Crippen LogP contribution in [0.15, 0.2) is 62.8 Å². The Labute approximate surface area is 172 Å². The molecule has 2 aromatic carbocycles. The van der Waals surface area contributed by atoms with Gasteiger partial charge in [0.25, 0.3) is 0 Å². The van der Waals surface area contributed by atoms with Gasteiger partial charge >= 0.3 is 4.87 Å². The molecule has 2 N–H and O–H groups in total. The molecule has 1 aromatic heterocycles. The molecule has 0 fully saturated rings. The molecule has 8 heteroatoms. The maximum atomic E-state index is 12.3. The van der Waals surface area contributed by atoms with E-state index in [0.29, 0.717) is 10.6 Å². The maximum absolute atomic E-state index is 12.3. The fraction of sp³-hybridized carbons (Fsp3) is 0.0500. The lowest BCUT2D eigenvalue weighted by molar-refractivity contribution is -0.116. The van der Waals surface area contributed by atoms with Crippen LogP contribution in [-0.4, -0.2) is 21.8 Å². The number of anilines is 1. The number of rotatable bonds is 4. The Balaban J connectivity index is 1.56. The minimum Gasteiger partial charge on any atom is -0.493 e. The molecule has 0 aliphatic carbocycles. The number of fused-ring (bicyclic) bond motifs is 1. The summed E-state index contributed by atoms with van der Waals surface area (Å²) in [4.78, 5) is 28.8. The SMILES string of the molecule is O=C(Cn1c(O)c(C=C2C=Nc3ccccc32)sc1=O)Nc1ccc(Br)cc1. The van der Waals surface area contributed by atoms with Crippen LogP contribution in [0.4, 0.5) is 11.4 Å². The molecule has 0 bridgehead atoms. The number of aromatic hydroxyl groups is 1. The van der Waals surface area contributed by atoms with Crippen LogP contribution in [0.5, 0.6) is 5.88 Å². The van der Waals surface area contributed by atoms with Crippen LogP contribution in [0.1, 0.15) is 10.4 Å². The van der Waals surface area contributed by atoms with Gasteiger partial charge in [0.05, 0.1) is 10.6 Å². The number of hydrogen-bond donors (Lipinski definition) is 2. The van der Waals surface area contributed by atoms with Gasteiger partial charge in [-0.2, -0.15) is 0 Å². The molecule has 3 aromatic rings. The van der Waals surface area contributed by atoms with E-state index >= 15 is 0 Å². The second kappa shape index (κ2) is 7.57. The highest BCUT2D eigenvalue weighted by atomic mass is 79.9. The third-order valence-electron chi connectivity index (χ3n) is 4.17. The molecular weight excluding hydrogens is 442 g/mol. The summed E-state index contributed by atoms with van der Waals surface area (Å²) in [5.41, 5.74) is 3.19. The number of benzene rings is 2. The van der Waals surface area contributed by atoms with Gasteiger partial charge in [0.2, 0.25) is 11.8 Å². The highest BCUT2D eigenvalue weighted by Gasteiger charge is 2.18. The number of halogens is 1. The number of amides is 1. The Morgan fingerprint density at radius 3 is 2.75 bits per heavy atom.